The highest BCUT2D eigenvalue weighted by atomic mass is 16.5. The Balaban J connectivity index is 2.47. The van der Waals surface area contributed by atoms with Gasteiger partial charge in [0.2, 0.25) is 0 Å². The first-order chi connectivity index (χ1) is 7.14. The summed E-state index contributed by atoms with van der Waals surface area (Å²) in [4.78, 5) is 23.9. The van der Waals surface area contributed by atoms with Crippen molar-refractivity contribution in [2.75, 3.05) is 7.11 Å². The Morgan fingerprint density at radius 1 is 1.47 bits per heavy atom. The molecule has 0 saturated heterocycles. The van der Waals surface area contributed by atoms with Crippen LogP contribution in [0, 0.1) is 11.3 Å². The smallest absolute Gasteiger partial charge is 0.323 e. The van der Waals surface area contributed by atoms with Crippen LogP contribution >= 0.6 is 0 Å². The SMILES string of the molecule is C=C1CC[C@@H]2CCCC(=O)[C@]12C(=O)OC. The molecule has 0 radical (unpaired) electrons. The topological polar surface area (TPSA) is 43.4 Å². The van der Waals surface area contributed by atoms with Gasteiger partial charge < -0.3 is 4.74 Å². The molecule has 2 saturated carbocycles. The number of esters is 1. The molecule has 0 aromatic heterocycles. The fourth-order valence-electron chi connectivity index (χ4n) is 3.13. The monoisotopic (exact) mass is 208 g/mol. The third-order valence-corrected chi connectivity index (χ3v) is 3.87. The Bertz CT molecular complexity index is 322. The van der Waals surface area contributed by atoms with Crippen molar-refractivity contribution >= 4 is 11.8 Å². The molecular weight excluding hydrogens is 192 g/mol. The van der Waals surface area contributed by atoms with Gasteiger partial charge >= 0.3 is 5.97 Å². The third-order valence-electron chi connectivity index (χ3n) is 3.87. The van der Waals surface area contributed by atoms with Crippen molar-refractivity contribution in [2.24, 2.45) is 11.3 Å². The number of hydrogen-bond donors (Lipinski definition) is 0. The van der Waals surface area contributed by atoms with Crippen LogP contribution < -0.4 is 0 Å². The molecule has 0 bridgehead atoms. The predicted octanol–water partition coefficient (Wildman–Crippen LogP) is 1.86. The summed E-state index contributed by atoms with van der Waals surface area (Å²) in [6.45, 7) is 3.91. The highest BCUT2D eigenvalue weighted by Gasteiger charge is 2.58. The molecule has 82 valence electrons. The van der Waals surface area contributed by atoms with Gasteiger partial charge in [-0.15, -0.1) is 0 Å². The number of fused-ring (bicyclic) bond motifs is 1. The molecule has 2 fully saturated rings. The lowest BCUT2D eigenvalue weighted by atomic mass is 9.66. The molecule has 0 spiro atoms. The van der Waals surface area contributed by atoms with E-state index < -0.39 is 5.41 Å². The standard InChI is InChI=1S/C12H16O3/c1-8-6-7-9-4-3-5-10(13)12(8,9)11(14)15-2/h9H,1,3-7H2,2H3/t9-,12-/m0/s1. The van der Waals surface area contributed by atoms with Gasteiger partial charge in [0.05, 0.1) is 7.11 Å². The number of methoxy groups -OCH3 is 1. The Labute approximate surface area is 89.5 Å². The molecule has 0 N–H and O–H groups in total. The zero-order valence-corrected chi connectivity index (χ0v) is 9.04. The minimum absolute atomic E-state index is 0.0214. The zero-order valence-electron chi connectivity index (χ0n) is 9.04. The second-order valence-electron chi connectivity index (χ2n) is 4.45. The van der Waals surface area contributed by atoms with Gasteiger partial charge in [0.15, 0.2) is 5.78 Å². The van der Waals surface area contributed by atoms with Crippen molar-refractivity contribution in [3.05, 3.63) is 12.2 Å². The maximum Gasteiger partial charge on any atom is 0.323 e. The Morgan fingerprint density at radius 2 is 2.20 bits per heavy atom. The van der Waals surface area contributed by atoms with E-state index in [1.807, 2.05) is 0 Å². The molecule has 0 aromatic rings. The maximum atomic E-state index is 12.0. The molecule has 15 heavy (non-hydrogen) atoms. The minimum Gasteiger partial charge on any atom is -0.468 e. The highest BCUT2D eigenvalue weighted by molar-refractivity contribution is 6.08. The summed E-state index contributed by atoms with van der Waals surface area (Å²) in [7, 11) is 1.35. The summed E-state index contributed by atoms with van der Waals surface area (Å²) in [5.74, 6) is -0.230. The molecule has 2 aliphatic rings. The zero-order chi connectivity index (χ0) is 11.1. The molecule has 0 unspecified atom stereocenters. The molecule has 3 heteroatoms. The molecule has 0 aromatic carbocycles. The number of hydrogen-bond acceptors (Lipinski definition) is 3. The fraction of sp³-hybridized carbons (Fsp3) is 0.667. The first-order valence-corrected chi connectivity index (χ1v) is 5.44. The van der Waals surface area contributed by atoms with Gasteiger partial charge in [0.25, 0.3) is 0 Å². The van der Waals surface area contributed by atoms with E-state index >= 15 is 0 Å². The third kappa shape index (κ3) is 1.18. The van der Waals surface area contributed by atoms with Crippen LogP contribution in [-0.4, -0.2) is 18.9 Å². The number of carbonyl (C=O) groups is 2. The molecule has 2 rings (SSSR count). The molecule has 0 heterocycles. The van der Waals surface area contributed by atoms with Crippen molar-refractivity contribution in [3.8, 4) is 0 Å². The van der Waals surface area contributed by atoms with Crippen LogP contribution in [0.3, 0.4) is 0 Å². The lowest BCUT2D eigenvalue weighted by Gasteiger charge is -2.35. The molecule has 2 aliphatic carbocycles. The van der Waals surface area contributed by atoms with E-state index in [-0.39, 0.29) is 17.7 Å². The molecule has 0 amide bonds. The second-order valence-corrected chi connectivity index (χ2v) is 4.45. The second kappa shape index (κ2) is 3.47. The van der Waals surface area contributed by atoms with Gasteiger partial charge in [-0.05, 0) is 31.6 Å². The summed E-state index contributed by atoms with van der Waals surface area (Å²) < 4.78 is 4.81. The normalized spacial score (nSPS) is 35.1. The number of carbonyl (C=O) groups excluding carboxylic acids is 2. The lowest BCUT2D eigenvalue weighted by molar-refractivity contribution is -0.159. The Morgan fingerprint density at radius 3 is 2.87 bits per heavy atom. The van der Waals surface area contributed by atoms with Crippen molar-refractivity contribution in [1.29, 1.82) is 0 Å². The largest absolute Gasteiger partial charge is 0.468 e. The number of rotatable bonds is 1. The summed E-state index contributed by atoms with van der Waals surface area (Å²) in [6, 6.07) is 0. The number of ether oxygens (including phenoxy) is 1. The van der Waals surface area contributed by atoms with E-state index in [1.54, 1.807) is 0 Å². The van der Waals surface area contributed by atoms with Gasteiger partial charge in [-0.2, -0.15) is 0 Å². The van der Waals surface area contributed by atoms with E-state index in [0.717, 1.165) is 31.3 Å². The summed E-state index contributed by atoms with van der Waals surface area (Å²) >= 11 is 0. The maximum absolute atomic E-state index is 12.0. The van der Waals surface area contributed by atoms with Crippen LogP contribution in [0.4, 0.5) is 0 Å². The van der Waals surface area contributed by atoms with E-state index in [9.17, 15) is 9.59 Å². The quantitative estimate of drug-likeness (QED) is 0.375. The Hall–Kier alpha value is -1.12. The van der Waals surface area contributed by atoms with Crippen molar-refractivity contribution in [2.45, 2.75) is 32.1 Å². The summed E-state index contributed by atoms with van der Waals surface area (Å²) in [5.41, 5.74) is -0.212. The van der Waals surface area contributed by atoms with Crippen LogP contribution in [0.25, 0.3) is 0 Å². The van der Waals surface area contributed by atoms with Gasteiger partial charge in [0.1, 0.15) is 5.41 Å². The number of Topliss-reactive ketones (excluding diaryl/α,β-unsaturated/α-hetero) is 1. The van der Waals surface area contributed by atoms with Crippen molar-refractivity contribution in [1.82, 2.24) is 0 Å². The van der Waals surface area contributed by atoms with Gasteiger partial charge in [0, 0.05) is 6.42 Å². The van der Waals surface area contributed by atoms with E-state index in [2.05, 4.69) is 6.58 Å². The van der Waals surface area contributed by atoms with Gasteiger partial charge in [-0.3, -0.25) is 9.59 Å². The fourth-order valence-corrected chi connectivity index (χ4v) is 3.13. The van der Waals surface area contributed by atoms with Gasteiger partial charge in [-0.1, -0.05) is 12.2 Å². The molecule has 2 atom stereocenters. The average molecular weight is 208 g/mol. The highest BCUT2D eigenvalue weighted by Crippen LogP contribution is 2.53. The van der Waals surface area contributed by atoms with Crippen LogP contribution in [0.2, 0.25) is 0 Å². The van der Waals surface area contributed by atoms with E-state index in [0.29, 0.717) is 6.42 Å². The molecule has 0 aliphatic heterocycles. The Kier molecular flexibility index (Phi) is 2.41. The first-order valence-electron chi connectivity index (χ1n) is 5.44. The molecular formula is C12H16O3. The van der Waals surface area contributed by atoms with Crippen LogP contribution in [0.15, 0.2) is 12.2 Å². The van der Waals surface area contributed by atoms with Crippen LogP contribution in [0.1, 0.15) is 32.1 Å². The van der Waals surface area contributed by atoms with Crippen LogP contribution in [-0.2, 0) is 14.3 Å². The summed E-state index contributed by atoms with van der Waals surface area (Å²) in [6.07, 6.45) is 4.02. The van der Waals surface area contributed by atoms with Gasteiger partial charge in [-0.25, -0.2) is 0 Å². The minimum atomic E-state index is -0.979. The average Bonchev–Trinajstić information content (AvgIpc) is 2.58. The van der Waals surface area contributed by atoms with E-state index in [4.69, 9.17) is 4.74 Å². The molecule has 3 nitrogen and oxygen atoms in total. The van der Waals surface area contributed by atoms with Crippen molar-refractivity contribution < 1.29 is 14.3 Å². The first kappa shape index (κ1) is 10.4. The predicted molar refractivity (Wildman–Crippen MR) is 55.2 cm³/mol. The van der Waals surface area contributed by atoms with E-state index in [1.165, 1.54) is 7.11 Å². The number of ketones is 1. The summed E-state index contributed by atoms with van der Waals surface area (Å²) in [5, 5.41) is 0. The van der Waals surface area contributed by atoms with Crippen LogP contribution in [0.5, 0.6) is 0 Å². The lowest BCUT2D eigenvalue weighted by Crippen LogP contribution is -2.46. The van der Waals surface area contributed by atoms with Crippen molar-refractivity contribution in [3.63, 3.8) is 0 Å².